The van der Waals surface area contributed by atoms with Crippen LogP contribution in [0, 0.1) is 0 Å². The maximum absolute atomic E-state index is 12.7. The highest BCUT2D eigenvalue weighted by molar-refractivity contribution is 7.85. The quantitative estimate of drug-likeness (QED) is 0.768. The number of carbonyl (C=O) groups is 1. The van der Waals surface area contributed by atoms with Crippen molar-refractivity contribution >= 4 is 33.7 Å². The van der Waals surface area contributed by atoms with Crippen LogP contribution in [0.3, 0.4) is 0 Å². The van der Waals surface area contributed by atoms with Gasteiger partial charge in [0.15, 0.2) is 11.5 Å². The molecular weight excluding hydrogens is 396 g/mol. The molecule has 6 nitrogen and oxygen atoms in total. The summed E-state index contributed by atoms with van der Waals surface area (Å²) in [7, 11) is -1.33. The van der Waals surface area contributed by atoms with Gasteiger partial charge in [0.25, 0.3) is 0 Å². The van der Waals surface area contributed by atoms with Crippen molar-refractivity contribution in [3.63, 3.8) is 0 Å². The molecule has 8 heteroatoms. The highest BCUT2D eigenvalue weighted by Crippen LogP contribution is 2.36. The van der Waals surface area contributed by atoms with E-state index < -0.39 is 16.0 Å². The van der Waals surface area contributed by atoms with Gasteiger partial charge in [0.05, 0.1) is 16.5 Å². The number of nitrogens with zero attached hydrogens (tertiary/aromatic N) is 1. The first kappa shape index (κ1) is 19.4. The second-order valence-electron chi connectivity index (χ2n) is 7.17. The van der Waals surface area contributed by atoms with Crippen molar-refractivity contribution in [3.05, 3.63) is 34.3 Å². The molecule has 150 valence electrons. The van der Waals surface area contributed by atoms with Crippen LogP contribution in [0.25, 0.3) is 0 Å². The summed E-state index contributed by atoms with van der Waals surface area (Å²) in [4.78, 5) is 17.2. The minimum Gasteiger partial charge on any atom is -0.486 e. The smallest absolute Gasteiger partial charge is 0.239 e. The number of rotatable bonds is 6. The number of fused-ring (bicyclic) bond motifs is 1. The van der Waals surface area contributed by atoms with E-state index in [0.717, 1.165) is 10.7 Å². The normalized spacial score (nSPS) is 18.6. The van der Waals surface area contributed by atoms with E-state index in [4.69, 9.17) is 9.47 Å². The second-order valence-corrected chi connectivity index (χ2v) is 9.82. The molecule has 1 aromatic carbocycles. The van der Waals surface area contributed by atoms with Gasteiger partial charge >= 0.3 is 0 Å². The van der Waals surface area contributed by atoms with Gasteiger partial charge in [0.1, 0.15) is 18.5 Å². The lowest BCUT2D eigenvalue weighted by molar-refractivity contribution is -0.115. The zero-order valence-electron chi connectivity index (χ0n) is 15.8. The third-order valence-corrected chi connectivity index (χ3v) is 7.78. The van der Waals surface area contributed by atoms with Gasteiger partial charge in [-0.3, -0.25) is 9.00 Å². The summed E-state index contributed by atoms with van der Waals surface area (Å²) >= 11 is 1.65. The van der Waals surface area contributed by atoms with Gasteiger partial charge in [-0.05, 0) is 31.9 Å². The van der Waals surface area contributed by atoms with Crippen LogP contribution in [-0.4, -0.2) is 33.6 Å². The first-order valence-corrected chi connectivity index (χ1v) is 11.9. The summed E-state index contributed by atoms with van der Waals surface area (Å²) in [5.74, 6) is 1.87. The molecule has 2 aromatic rings. The first-order valence-electron chi connectivity index (χ1n) is 9.62. The Balaban J connectivity index is 1.35. The summed E-state index contributed by atoms with van der Waals surface area (Å²) < 4.78 is 23.7. The number of anilines is 1. The minimum absolute atomic E-state index is 0.277. The molecule has 1 N–H and O–H groups in total. The summed E-state index contributed by atoms with van der Waals surface area (Å²) in [5, 5.41) is 5.32. The van der Waals surface area contributed by atoms with Crippen molar-refractivity contribution < 1.29 is 18.5 Å². The molecule has 2 unspecified atom stereocenters. The van der Waals surface area contributed by atoms with Crippen LogP contribution >= 0.6 is 11.3 Å². The molecule has 1 aliphatic carbocycles. The molecule has 2 heterocycles. The molecule has 1 aromatic heterocycles. The van der Waals surface area contributed by atoms with E-state index in [-0.39, 0.29) is 5.91 Å². The van der Waals surface area contributed by atoms with Gasteiger partial charge in [-0.1, -0.05) is 12.8 Å². The van der Waals surface area contributed by atoms with Gasteiger partial charge in [-0.15, -0.1) is 11.3 Å². The van der Waals surface area contributed by atoms with Crippen LogP contribution in [0.5, 0.6) is 11.5 Å². The Morgan fingerprint density at radius 3 is 2.82 bits per heavy atom. The van der Waals surface area contributed by atoms with Crippen LogP contribution in [0.2, 0.25) is 0 Å². The first-order chi connectivity index (χ1) is 13.6. The van der Waals surface area contributed by atoms with Gasteiger partial charge in [0, 0.05) is 33.9 Å². The van der Waals surface area contributed by atoms with Crippen LogP contribution in [0.4, 0.5) is 5.69 Å². The Morgan fingerprint density at radius 1 is 1.29 bits per heavy atom. The highest BCUT2D eigenvalue weighted by Gasteiger charge is 2.24. The largest absolute Gasteiger partial charge is 0.486 e. The SMILES string of the molecule is CC(C(=O)Nc1ccc2c(c1)OCCO2)S(=O)Cc1csc(C2CCCC2)n1. The number of benzene rings is 1. The number of thiazole rings is 1. The number of hydrogen-bond donors (Lipinski definition) is 1. The molecule has 0 saturated heterocycles. The van der Waals surface area contributed by atoms with E-state index in [1.807, 2.05) is 5.38 Å². The summed E-state index contributed by atoms with van der Waals surface area (Å²) in [6, 6.07) is 5.26. The molecule has 0 spiro atoms. The molecule has 1 saturated carbocycles. The Morgan fingerprint density at radius 2 is 2.04 bits per heavy atom. The molecule has 1 fully saturated rings. The van der Waals surface area contributed by atoms with Crippen molar-refractivity contribution in [2.24, 2.45) is 0 Å². The number of hydrogen-bond acceptors (Lipinski definition) is 6. The minimum atomic E-state index is -1.33. The molecule has 2 aliphatic rings. The van der Waals surface area contributed by atoms with Gasteiger partial charge in [0.2, 0.25) is 5.91 Å². The molecule has 28 heavy (non-hydrogen) atoms. The van der Waals surface area contributed by atoms with Gasteiger partial charge < -0.3 is 14.8 Å². The molecule has 0 radical (unpaired) electrons. The Hall–Kier alpha value is -1.93. The van der Waals surface area contributed by atoms with E-state index in [2.05, 4.69) is 10.3 Å². The summed E-state index contributed by atoms with van der Waals surface area (Å²) in [5.41, 5.74) is 1.43. The van der Waals surface area contributed by atoms with Crippen LogP contribution in [-0.2, 0) is 21.3 Å². The second kappa shape index (κ2) is 8.61. The van der Waals surface area contributed by atoms with Crippen LogP contribution in [0.1, 0.15) is 49.2 Å². The van der Waals surface area contributed by atoms with Crippen molar-refractivity contribution in [3.8, 4) is 11.5 Å². The molecule has 1 amide bonds. The number of ether oxygens (including phenoxy) is 2. The lowest BCUT2D eigenvalue weighted by Gasteiger charge is -2.19. The number of aromatic nitrogens is 1. The fourth-order valence-electron chi connectivity index (χ4n) is 3.50. The van der Waals surface area contributed by atoms with Gasteiger partial charge in [-0.25, -0.2) is 4.98 Å². The molecule has 0 bridgehead atoms. The number of nitrogens with one attached hydrogen (secondary N) is 1. The number of carbonyl (C=O) groups excluding carboxylic acids is 1. The van der Waals surface area contributed by atoms with E-state index >= 15 is 0 Å². The van der Waals surface area contributed by atoms with Crippen molar-refractivity contribution in [2.75, 3.05) is 18.5 Å². The van der Waals surface area contributed by atoms with Gasteiger partial charge in [-0.2, -0.15) is 0 Å². The predicted molar refractivity (Wildman–Crippen MR) is 111 cm³/mol. The third kappa shape index (κ3) is 4.38. The molecule has 4 rings (SSSR count). The lowest BCUT2D eigenvalue weighted by Crippen LogP contribution is -2.30. The van der Waals surface area contributed by atoms with Crippen LogP contribution in [0.15, 0.2) is 23.6 Å². The third-order valence-electron chi connectivity index (χ3n) is 5.14. The average Bonchev–Trinajstić information content (AvgIpc) is 3.39. The fraction of sp³-hybridized carbons (Fsp3) is 0.500. The Bertz CT molecular complexity index is 877. The predicted octanol–water partition coefficient (Wildman–Crippen LogP) is 3.85. The summed E-state index contributed by atoms with van der Waals surface area (Å²) in [6.07, 6.45) is 4.93. The van der Waals surface area contributed by atoms with E-state index in [1.54, 1.807) is 36.5 Å². The van der Waals surface area contributed by atoms with Crippen molar-refractivity contribution in [1.29, 1.82) is 0 Å². The molecule has 1 aliphatic heterocycles. The lowest BCUT2D eigenvalue weighted by atomic mass is 10.1. The highest BCUT2D eigenvalue weighted by atomic mass is 32.2. The number of amides is 1. The van der Waals surface area contributed by atoms with Crippen LogP contribution < -0.4 is 14.8 Å². The standard InChI is InChI=1S/C20H24N2O4S2/c1-13(19(23)21-15-6-7-17-18(10-15)26-9-8-25-17)28(24)12-16-11-27-20(22-16)14-4-2-3-5-14/h6-7,10-11,13-14H,2-5,8-9,12H2,1H3,(H,21,23). The molecule has 2 atom stereocenters. The van der Waals surface area contributed by atoms with E-state index in [9.17, 15) is 9.00 Å². The maximum atomic E-state index is 12.7. The average molecular weight is 421 g/mol. The van der Waals surface area contributed by atoms with E-state index in [1.165, 1.54) is 25.7 Å². The fourth-order valence-corrected chi connectivity index (χ4v) is 5.59. The Labute approximate surface area is 171 Å². The monoisotopic (exact) mass is 420 g/mol. The summed E-state index contributed by atoms with van der Waals surface area (Å²) in [6.45, 7) is 2.70. The zero-order valence-corrected chi connectivity index (χ0v) is 17.4. The van der Waals surface area contributed by atoms with Crippen molar-refractivity contribution in [2.45, 2.75) is 49.5 Å². The Kier molecular flexibility index (Phi) is 5.96. The zero-order chi connectivity index (χ0) is 19.5. The molecular formula is C20H24N2O4S2. The topological polar surface area (TPSA) is 77.5 Å². The maximum Gasteiger partial charge on any atom is 0.239 e. The van der Waals surface area contributed by atoms with E-state index in [0.29, 0.717) is 42.1 Å². The van der Waals surface area contributed by atoms with Crippen molar-refractivity contribution in [1.82, 2.24) is 4.98 Å².